The van der Waals surface area contributed by atoms with Gasteiger partial charge in [0.2, 0.25) is 0 Å². The lowest BCUT2D eigenvalue weighted by molar-refractivity contribution is 0.751. The smallest absolute Gasteiger partial charge is 0.272 e. The molecule has 0 aliphatic rings. The first-order chi connectivity index (χ1) is 7.70. The standard InChI is InChI=1S/C11H13N3OS/c1-2-8-3-5-9(6-4-8)7-14-10(15)12-13-11(14)16/h3-6H,2,7H2,1H3,(H,12,15)(H,13,16). The van der Waals surface area contributed by atoms with E-state index >= 15 is 0 Å². The molecule has 0 aliphatic carbocycles. The van der Waals surface area contributed by atoms with Gasteiger partial charge < -0.3 is 0 Å². The maximum absolute atomic E-state index is 11.4. The Morgan fingerprint density at radius 1 is 1.19 bits per heavy atom. The molecule has 0 radical (unpaired) electrons. The largest absolute Gasteiger partial charge is 0.342 e. The third-order valence-electron chi connectivity index (χ3n) is 2.54. The summed E-state index contributed by atoms with van der Waals surface area (Å²) < 4.78 is 1.92. The predicted octanol–water partition coefficient (Wildman–Crippen LogP) is 1.84. The maximum Gasteiger partial charge on any atom is 0.342 e. The van der Waals surface area contributed by atoms with Gasteiger partial charge in [0.25, 0.3) is 0 Å². The number of aryl methyl sites for hydroxylation is 1. The summed E-state index contributed by atoms with van der Waals surface area (Å²) >= 11 is 5.00. The third kappa shape index (κ3) is 2.14. The molecule has 1 aromatic heterocycles. The van der Waals surface area contributed by atoms with Crippen molar-refractivity contribution in [2.24, 2.45) is 0 Å². The Labute approximate surface area is 97.9 Å². The molecule has 0 saturated heterocycles. The lowest BCUT2D eigenvalue weighted by atomic mass is 10.1. The maximum atomic E-state index is 11.4. The highest BCUT2D eigenvalue weighted by Gasteiger charge is 2.01. The van der Waals surface area contributed by atoms with Crippen LogP contribution in [-0.2, 0) is 13.0 Å². The molecule has 2 N–H and O–H groups in total. The summed E-state index contributed by atoms with van der Waals surface area (Å²) in [6.45, 7) is 2.61. The van der Waals surface area contributed by atoms with Crippen LogP contribution in [0.5, 0.6) is 0 Å². The van der Waals surface area contributed by atoms with Gasteiger partial charge >= 0.3 is 5.69 Å². The molecule has 1 heterocycles. The number of H-pyrrole nitrogens is 2. The minimum atomic E-state index is -0.204. The molecule has 0 unspecified atom stereocenters. The van der Waals surface area contributed by atoms with Crippen LogP contribution in [0.4, 0.5) is 0 Å². The highest BCUT2D eigenvalue weighted by atomic mass is 32.1. The third-order valence-corrected chi connectivity index (χ3v) is 2.86. The average Bonchev–Trinajstić information content (AvgIpc) is 2.62. The average molecular weight is 235 g/mol. The monoisotopic (exact) mass is 235 g/mol. The highest BCUT2D eigenvalue weighted by Crippen LogP contribution is 2.06. The molecule has 1 aromatic carbocycles. The Hall–Kier alpha value is -1.62. The van der Waals surface area contributed by atoms with Gasteiger partial charge in [0, 0.05) is 0 Å². The first kappa shape index (κ1) is 10.9. The zero-order chi connectivity index (χ0) is 11.5. The van der Waals surface area contributed by atoms with E-state index in [0.29, 0.717) is 11.3 Å². The van der Waals surface area contributed by atoms with E-state index in [-0.39, 0.29) is 5.69 Å². The molecule has 0 spiro atoms. The predicted molar refractivity (Wildman–Crippen MR) is 65.2 cm³/mol. The van der Waals surface area contributed by atoms with E-state index in [2.05, 4.69) is 29.3 Å². The van der Waals surface area contributed by atoms with Gasteiger partial charge in [-0.1, -0.05) is 31.2 Å². The first-order valence-electron chi connectivity index (χ1n) is 5.16. The summed E-state index contributed by atoms with van der Waals surface area (Å²) in [6, 6.07) is 8.18. The highest BCUT2D eigenvalue weighted by molar-refractivity contribution is 7.71. The van der Waals surface area contributed by atoms with Crippen molar-refractivity contribution < 1.29 is 0 Å². The number of rotatable bonds is 3. The Bertz CT molecular complexity index is 549. The molecular formula is C11H13N3OS. The summed E-state index contributed by atoms with van der Waals surface area (Å²) in [5.74, 6) is 0. The number of hydrogen-bond acceptors (Lipinski definition) is 2. The van der Waals surface area contributed by atoms with E-state index in [9.17, 15) is 4.79 Å². The molecule has 4 nitrogen and oxygen atoms in total. The van der Waals surface area contributed by atoms with Gasteiger partial charge in [-0.15, -0.1) is 0 Å². The molecule has 5 heteroatoms. The van der Waals surface area contributed by atoms with Crippen LogP contribution in [0.25, 0.3) is 0 Å². The van der Waals surface area contributed by atoms with Gasteiger partial charge in [0.05, 0.1) is 6.54 Å². The number of hydrogen-bond donors (Lipinski definition) is 2. The molecule has 2 aromatic rings. The lowest BCUT2D eigenvalue weighted by Gasteiger charge is -2.02. The van der Waals surface area contributed by atoms with E-state index < -0.39 is 0 Å². The van der Waals surface area contributed by atoms with E-state index in [4.69, 9.17) is 12.2 Å². The first-order valence-corrected chi connectivity index (χ1v) is 5.57. The van der Waals surface area contributed by atoms with Crippen molar-refractivity contribution >= 4 is 12.2 Å². The fraction of sp³-hybridized carbons (Fsp3) is 0.273. The van der Waals surface area contributed by atoms with Gasteiger partial charge in [-0.2, -0.15) is 0 Å². The van der Waals surface area contributed by atoms with Crippen molar-refractivity contribution in [1.82, 2.24) is 14.8 Å². The zero-order valence-corrected chi connectivity index (χ0v) is 9.80. The number of benzene rings is 1. The zero-order valence-electron chi connectivity index (χ0n) is 8.99. The number of nitrogens with one attached hydrogen (secondary N) is 2. The molecule has 2 rings (SSSR count). The second-order valence-electron chi connectivity index (χ2n) is 3.62. The summed E-state index contributed by atoms with van der Waals surface area (Å²) in [6.07, 6.45) is 1.02. The SMILES string of the molecule is CCc1ccc(Cn2c(=O)[nH][nH]c2=S)cc1. The van der Waals surface area contributed by atoms with Gasteiger partial charge in [0.15, 0.2) is 4.77 Å². The van der Waals surface area contributed by atoms with Crippen LogP contribution in [-0.4, -0.2) is 14.8 Å². The van der Waals surface area contributed by atoms with Crippen molar-refractivity contribution in [3.05, 3.63) is 50.6 Å². The quantitative estimate of drug-likeness (QED) is 0.798. The Balaban J connectivity index is 2.27. The van der Waals surface area contributed by atoms with Crippen LogP contribution in [0.2, 0.25) is 0 Å². The van der Waals surface area contributed by atoms with Crippen LogP contribution < -0.4 is 5.69 Å². The normalized spacial score (nSPS) is 10.6. The lowest BCUT2D eigenvalue weighted by Crippen LogP contribution is -2.17. The minimum Gasteiger partial charge on any atom is -0.272 e. The van der Waals surface area contributed by atoms with E-state index in [1.54, 1.807) is 0 Å². The molecule has 0 amide bonds. The molecular weight excluding hydrogens is 222 g/mol. The Kier molecular flexibility index (Phi) is 3.05. The van der Waals surface area contributed by atoms with Crippen molar-refractivity contribution in [2.45, 2.75) is 19.9 Å². The fourth-order valence-electron chi connectivity index (χ4n) is 1.54. The van der Waals surface area contributed by atoms with E-state index in [1.165, 1.54) is 10.1 Å². The van der Waals surface area contributed by atoms with Gasteiger partial charge in [-0.25, -0.2) is 9.89 Å². The van der Waals surface area contributed by atoms with E-state index in [0.717, 1.165) is 12.0 Å². The molecule has 0 aliphatic heterocycles. The van der Waals surface area contributed by atoms with Crippen molar-refractivity contribution in [2.75, 3.05) is 0 Å². The summed E-state index contributed by atoms with van der Waals surface area (Å²) in [4.78, 5) is 11.4. The second-order valence-corrected chi connectivity index (χ2v) is 4.00. The summed E-state index contributed by atoms with van der Waals surface area (Å²) in [5, 5.41) is 5.08. The molecule has 0 saturated carbocycles. The van der Waals surface area contributed by atoms with Crippen LogP contribution in [0.3, 0.4) is 0 Å². The van der Waals surface area contributed by atoms with E-state index in [1.807, 2.05) is 12.1 Å². The van der Waals surface area contributed by atoms with Gasteiger partial charge in [-0.3, -0.25) is 9.67 Å². The van der Waals surface area contributed by atoms with Crippen LogP contribution in [0.1, 0.15) is 18.1 Å². The Morgan fingerprint density at radius 2 is 1.81 bits per heavy atom. The fourth-order valence-corrected chi connectivity index (χ4v) is 1.74. The van der Waals surface area contributed by atoms with Crippen LogP contribution in [0.15, 0.2) is 29.1 Å². The molecule has 84 valence electrons. The number of aromatic amines is 2. The Morgan fingerprint density at radius 3 is 2.31 bits per heavy atom. The molecule has 0 atom stereocenters. The van der Waals surface area contributed by atoms with Crippen molar-refractivity contribution in [1.29, 1.82) is 0 Å². The molecule has 0 bridgehead atoms. The summed E-state index contributed by atoms with van der Waals surface area (Å²) in [7, 11) is 0. The van der Waals surface area contributed by atoms with Gasteiger partial charge in [0.1, 0.15) is 0 Å². The molecule has 0 fully saturated rings. The number of aromatic nitrogens is 3. The minimum absolute atomic E-state index is 0.204. The van der Waals surface area contributed by atoms with Crippen LogP contribution in [0, 0.1) is 4.77 Å². The molecule has 16 heavy (non-hydrogen) atoms. The van der Waals surface area contributed by atoms with Gasteiger partial charge in [-0.05, 0) is 29.8 Å². The topological polar surface area (TPSA) is 53.6 Å². The summed E-state index contributed by atoms with van der Waals surface area (Å²) in [5.41, 5.74) is 2.15. The van der Waals surface area contributed by atoms with Crippen molar-refractivity contribution in [3.63, 3.8) is 0 Å². The van der Waals surface area contributed by atoms with Crippen LogP contribution >= 0.6 is 12.2 Å². The second kappa shape index (κ2) is 4.49. The van der Waals surface area contributed by atoms with Crippen molar-refractivity contribution in [3.8, 4) is 0 Å². The number of nitrogens with zero attached hydrogens (tertiary/aromatic N) is 1.